The second-order valence-electron chi connectivity index (χ2n) is 2.54. The minimum Gasteiger partial charge on any atom is -0.461 e. The van der Waals surface area contributed by atoms with Gasteiger partial charge < -0.3 is 20.1 Å². The first-order valence-corrected chi connectivity index (χ1v) is 3.89. The summed E-state index contributed by atoms with van der Waals surface area (Å²) in [5.74, 6) is -6.15. The summed E-state index contributed by atoms with van der Waals surface area (Å²) in [4.78, 5) is 10.6. The summed E-state index contributed by atoms with van der Waals surface area (Å²) in [6.07, 6.45) is -4.76. The molecule has 0 bridgehead atoms. The highest BCUT2D eigenvalue weighted by molar-refractivity contribution is 5.78. The molecule has 3 N–H and O–H groups in total. The Kier molecular flexibility index (Phi) is 4.89. The number of hydrogen-bond donors (Lipinski definition) is 3. The van der Waals surface area contributed by atoms with Gasteiger partial charge in [0.2, 0.25) is 0 Å². The third kappa shape index (κ3) is 2.86. The number of esters is 1. The van der Waals surface area contributed by atoms with Crippen LogP contribution in [0.4, 0.5) is 8.78 Å². The molecule has 0 aliphatic carbocycles. The fourth-order valence-electron chi connectivity index (χ4n) is 0.690. The number of alkyl halides is 2. The van der Waals surface area contributed by atoms with E-state index in [2.05, 4.69) is 4.74 Å². The molecule has 0 aromatic rings. The molecule has 5 nitrogen and oxygen atoms in total. The van der Waals surface area contributed by atoms with E-state index in [0.717, 1.165) is 0 Å². The first kappa shape index (κ1) is 13.2. The third-order valence-electron chi connectivity index (χ3n) is 1.47. The van der Waals surface area contributed by atoms with Crippen LogP contribution in [0.1, 0.15) is 6.92 Å². The molecule has 0 unspecified atom stereocenters. The van der Waals surface area contributed by atoms with Crippen LogP contribution in [0.25, 0.3) is 0 Å². The van der Waals surface area contributed by atoms with Crippen molar-refractivity contribution in [1.82, 2.24) is 0 Å². The number of aliphatic hydroxyl groups is 3. The van der Waals surface area contributed by atoms with Crippen molar-refractivity contribution in [1.29, 1.82) is 0 Å². The van der Waals surface area contributed by atoms with E-state index in [1.165, 1.54) is 6.92 Å². The van der Waals surface area contributed by atoms with Gasteiger partial charge in [0.25, 0.3) is 0 Å². The van der Waals surface area contributed by atoms with Gasteiger partial charge in [0.15, 0.2) is 6.10 Å². The number of ether oxygens (including phenoxy) is 1. The van der Waals surface area contributed by atoms with Crippen LogP contribution in [-0.2, 0) is 9.53 Å². The zero-order valence-corrected chi connectivity index (χ0v) is 7.48. The van der Waals surface area contributed by atoms with Gasteiger partial charge in [0.1, 0.15) is 6.10 Å². The first-order valence-electron chi connectivity index (χ1n) is 3.89. The Morgan fingerprint density at radius 1 is 1.50 bits per heavy atom. The van der Waals surface area contributed by atoms with Crippen LogP contribution in [0.2, 0.25) is 0 Å². The maximum Gasteiger partial charge on any atom is 0.379 e. The number of rotatable bonds is 5. The lowest BCUT2D eigenvalue weighted by Crippen LogP contribution is -2.50. The van der Waals surface area contributed by atoms with Gasteiger partial charge in [-0.25, -0.2) is 4.79 Å². The zero-order valence-electron chi connectivity index (χ0n) is 7.48. The van der Waals surface area contributed by atoms with E-state index >= 15 is 0 Å². The molecule has 2 atom stereocenters. The Morgan fingerprint density at radius 3 is 2.36 bits per heavy atom. The highest BCUT2D eigenvalue weighted by atomic mass is 19.3. The number of halogens is 2. The molecule has 0 radical (unpaired) electrons. The Labute approximate surface area is 78.9 Å². The molecule has 0 saturated heterocycles. The Morgan fingerprint density at radius 2 is 2.00 bits per heavy atom. The molecule has 7 heteroatoms. The molecule has 84 valence electrons. The number of carbonyl (C=O) groups is 1. The van der Waals surface area contributed by atoms with Gasteiger partial charge in [-0.3, -0.25) is 0 Å². The summed E-state index contributed by atoms with van der Waals surface area (Å²) in [6.45, 7) is -0.0185. The summed E-state index contributed by atoms with van der Waals surface area (Å²) < 4.78 is 29.7. The van der Waals surface area contributed by atoms with Gasteiger partial charge in [-0.1, -0.05) is 0 Å². The largest absolute Gasteiger partial charge is 0.461 e. The van der Waals surface area contributed by atoms with Crippen LogP contribution >= 0.6 is 0 Å². The second-order valence-corrected chi connectivity index (χ2v) is 2.54. The predicted molar refractivity (Wildman–Crippen MR) is 40.7 cm³/mol. The average molecular weight is 214 g/mol. The van der Waals surface area contributed by atoms with Gasteiger partial charge in [-0.15, -0.1) is 0 Å². The second kappa shape index (κ2) is 5.18. The molecule has 0 aromatic carbocycles. The van der Waals surface area contributed by atoms with Crippen molar-refractivity contribution in [2.75, 3.05) is 13.2 Å². The Bertz CT molecular complexity index is 197. The highest BCUT2D eigenvalue weighted by Crippen LogP contribution is 2.22. The molecule has 0 fully saturated rings. The van der Waals surface area contributed by atoms with Crippen molar-refractivity contribution in [2.45, 2.75) is 25.1 Å². The molecule has 0 spiro atoms. The molecule has 0 aliphatic rings. The van der Waals surface area contributed by atoms with Crippen molar-refractivity contribution in [3.8, 4) is 0 Å². The number of carbonyl (C=O) groups excluding carboxylic acids is 1. The smallest absolute Gasteiger partial charge is 0.379 e. The topological polar surface area (TPSA) is 87.0 Å². The molecular formula is C7H12F2O5. The zero-order chi connectivity index (χ0) is 11.4. The van der Waals surface area contributed by atoms with Crippen molar-refractivity contribution in [3.05, 3.63) is 0 Å². The maximum absolute atomic E-state index is 12.8. The Balaban J connectivity index is 4.50. The van der Waals surface area contributed by atoms with Crippen LogP contribution in [0.15, 0.2) is 0 Å². The molecule has 0 heterocycles. The molecule has 0 aromatic heterocycles. The van der Waals surface area contributed by atoms with Crippen molar-refractivity contribution >= 4 is 5.97 Å². The fraction of sp³-hybridized carbons (Fsp3) is 0.857. The summed E-state index contributed by atoms with van der Waals surface area (Å²) >= 11 is 0. The van der Waals surface area contributed by atoms with Gasteiger partial charge in [0.05, 0.1) is 13.2 Å². The van der Waals surface area contributed by atoms with E-state index < -0.39 is 30.7 Å². The molecule has 0 rings (SSSR count). The third-order valence-corrected chi connectivity index (χ3v) is 1.47. The van der Waals surface area contributed by atoms with Crippen LogP contribution in [-0.4, -0.2) is 52.6 Å². The van der Waals surface area contributed by atoms with Gasteiger partial charge in [-0.2, -0.15) is 8.78 Å². The van der Waals surface area contributed by atoms with E-state index in [9.17, 15) is 13.6 Å². The fourth-order valence-corrected chi connectivity index (χ4v) is 0.690. The van der Waals surface area contributed by atoms with Crippen molar-refractivity contribution < 1.29 is 33.6 Å². The minimum absolute atomic E-state index is 0.267. The summed E-state index contributed by atoms with van der Waals surface area (Å²) in [5.41, 5.74) is 0. The van der Waals surface area contributed by atoms with Gasteiger partial charge >= 0.3 is 11.9 Å². The SMILES string of the molecule is CCOC(=O)C(F)(F)[C@H](O)[C@H](O)CO. The predicted octanol–water partition coefficient (Wildman–Crippen LogP) is -1.10. The van der Waals surface area contributed by atoms with Crippen LogP contribution in [0.5, 0.6) is 0 Å². The van der Waals surface area contributed by atoms with Crippen molar-refractivity contribution in [2.24, 2.45) is 0 Å². The first-order chi connectivity index (χ1) is 6.37. The van der Waals surface area contributed by atoms with Crippen LogP contribution in [0.3, 0.4) is 0 Å². The van der Waals surface area contributed by atoms with E-state index in [0.29, 0.717) is 0 Å². The van der Waals surface area contributed by atoms with E-state index in [1.54, 1.807) is 0 Å². The van der Waals surface area contributed by atoms with Crippen LogP contribution in [0, 0.1) is 0 Å². The molecule has 0 amide bonds. The number of aliphatic hydroxyl groups excluding tert-OH is 3. The average Bonchev–Trinajstić information content (AvgIpc) is 2.15. The van der Waals surface area contributed by atoms with E-state index in [-0.39, 0.29) is 6.61 Å². The monoisotopic (exact) mass is 214 g/mol. The van der Waals surface area contributed by atoms with E-state index in [4.69, 9.17) is 15.3 Å². The lowest BCUT2D eigenvalue weighted by molar-refractivity contribution is -0.201. The number of hydrogen-bond acceptors (Lipinski definition) is 5. The van der Waals surface area contributed by atoms with Gasteiger partial charge in [-0.05, 0) is 6.92 Å². The quantitative estimate of drug-likeness (QED) is 0.505. The highest BCUT2D eigenvalue weighted by Gasteiger charge is 2.51. The minimum atomic E-state index is -4.22. The van der Waals surface area contributed by atoms with Gasteiger partial charge in [0, 0.05) is 0 Å². The lowest BCUT2D eigenvalue weighted by atomic mass is 10.1. The summed E-state index contributed by atoms with van der Waals surface area (Å²) in [5, 5.41) is 25.8. The van der Waals surface area contributed by atoms with Crippen LogP contribution < -0.4 is 0 Å². The Hall–Kier alpha value is -0.790. The lowest BCUT2D eigenvalue weighted by Gasteiger charge is -2.23. The van der Waals surface area contributed by atoms with E-state index in [1.807, 2.05) is 0 Å². The summed E-state index contributed by atoms with van der Waals surface area (Å²) in [7, 11) is 0. The summed E-state index contributed by atoms with van der Waals surface area (Å²) in [6, 6.07) is 0. The molecular weight excluding hydrogens is 202 g/mol. The molecule has 0 aliphatic heterocycles. The molecule has 0 saturated carbocycles. The standard InChI is InChI=1S/C7H12F2O5/c1-2-14-6(13)7(8,9)5(12)4(11)3-10/h4-5,10-12H,2-3H2,1H3/t4-,5-/m1/s1. The normalized spacial score (nSPS) is 16.1. The van der Waals surface area contributed by atoms with Crippen molar-refractivity contribution in [3.63, 3.8) is 0 Å². The maximum atomic E-state index is 12.8. The molecule has 14 heavy (non-hydrogen) atoms.